The fourth-order valence-electron chi connectivity index (χ4n) is 3.17. The minimum Gasteiger partial charge on any atom is -0.338 e. The number of carbonyl (C=O) groups is 1. The molecule has 3 saturated heterocycles. The van der Waals surface area contributed by atoms with Crippen LogP contribution in [0.3, 0.4) is 0 Å². The Hall–Kier alpha value is -1.03. The fraction of sp³-hybridized carbons (Fsp3) is 0.786. The monoisotopic (exact) mass is 251 g/mol. The van der Waals surface area contributed by atoms with Crippen LogP contribution in [0, 0.1) is 11.8 Å². The van der Waals surface area contributed by atoms with Gasteiger partial charge >= 0.3 is 6.03 Å². The molecule has 2 N–H and O–H groups in total. The fourth-order valence-corrected chi connectivity index (χ4v) is 3.17. The second-order valence-corrected chi connectivity index (χ2v) is 5.47. The van der Waals surface area contributed by atoms with E-state index >= 15 is 0 Å². The SMILES string of the molecule is C=C[C@@H]1CN2CC[C@@H]1C[C@H]2CNC(=O)NCCC. The summed E-state index contributed by atoms with van der Waals surface area (Å²) in [6, 6.07) is 0.493. The lowest BCUT2D eigenvalue weighted by molar-refractivity contribution is 0.0207. The Balaban J connectivity index is 1.75. The summed E-state index contributed by atoms with van der Waals surface area (Å²) >= 11 is 0. The average Bonchev–Trinajstić information content (AvgIpc) is 2.43. The number of carbonyl (C=O) groups excluding carboxylic acids is 1. The van der Waals surface area contributed by atoms with Crippen molar-refractivity contribution in [1.29, 1.82) is 0 Å². The second-order valence-electron chi connectivity index (χ2n) is 5.47. The van der Waals surface area contributed by atoms with Crippen molar-refractivity contribution in [2.75, 3.05) is 26.2 Å². The number of nitrogens with zero attached hydrogens (tertiary/aromatic N) is 1. The van der Waals surface area contributed by atoms with Gasteiger partial charge in [-0.2, -0.15) is 0 Å². The summed E-state index contributed by atoms with van der Waals surface area (Å²) in [5.74, 6) is 1.43. The average molecular weight is 251 g/mol. The van der Waals surface area contributed by atoms with E-state index in [4.69, 9.17) is 0 Å². The molecular formula is C14H25N3O. The molecule has 0 aromatic carbocycles. The van der Waals surface area contributed by atoms with Gasteiger partial charge in [-0.1, -0.05) is 13.0 Å². The predicted octanol–water partition coefficient (Wildman–Crippen LogP) is 1.59. The lowest BCUT2D eigenvalue weighted by Gasteiger charge is -2.49. The summed E-state index contributed by atoms with van der Waals surface area (Å²) in [5.41, 5.74) is 0. The molecule has 4 nitrogen and oxygen atoms in total. The summed E-state index contributed by atoms with van der Waals surface area (Å²) in [4.78, 5) is 14.0. The quantitative estimate of drug-likeness (QED) is 0.729. The number of hydrogen-bond donors (Lipinski definition) is 2. The van der Waals surface area contributed by atoms with E-state index in [0.717, 1.165) is 32.0 Å². The summed E-state index contributed by atoms with van der Waals surface area (Å²) in [5, 5.41) is 5.84. The van der Waals surface area contributed by atoms with Crippen LogP contribution < -0.4 is 10.6 Å². The van der Waals surface area contributed by atoms with Crippen molar-refractivity contribution >= 4 is 6.03 Å². The molecule has 3 rings (SSSR count). The van der Waals surface area contributed by atoms with Crippen molar-refractivity contribution in [1.82, 2.24) is 15.5 Å². The van der Waals surface area contributed by atoms with E-state index < -0.39 is 0 Å². The third kappa shape index (κ3) is 3.05. The molecule has 0 aromatic heterocycles. The highest BCUT2D eigenvalue weighted by molar-refractivity contribution is 5.73. The third-order valence-electron chi connectivity index (χ3n) is 4.27. The zero-order valence-electron chi connectivity index (χ0n) is 11.3. The molecular weight excluding hydrogens is 226 g/mol. The van der Waals surface area contributed by atoms with Crippen LogP contribution in [-0.2, 0) is 0 Å². The Morgan fingerprint density at radius 3 is 2.94 bits per heavy atom. The molecule has 4 atom stereocenters. The number of fused-ring (bicyclic) bond motifs is 3. The number of nitrogens with one attached hydrogen (secondary N) is 2. The van der Waals surface area contributed by atoms with Crippen LogP contribution in [-0.4, -0.2) is 43.2 Å². The lowest BCUT2D eigenvalue weighted by atomic mass is 9.75. The summed E-state index contributed by atoms with van der Waals surface area (Å²) < 4.78 is 0. The minimum atomic E-state index is -0.0280. The number of amides is 2. The summed E-state index contributed by atoms with van der Waals surface area (Å²) in [6.45, 7) is 9.81. The number of rotatable bonds is 5. The Morgan fingerprint density at radius 2 is 2.33 bits per heavy atom. The van der Waals surface area contributed by atoms with Crippen molar-refractivity contribution < 1.29 is 4.79 Å². The molecule has 2 bridgehead atoms. The molecule has 3 aliphatic heterocycles. The van der Waals surface area contributed by atoms with E-state index in [1.807, 2.05) is 0 Å². The van der Waals surface area contributed by atoms with Crippen LogP contribution in [0.15, 0.2) is 12.7 Å². The van der Waals surface area contributed by atoms with E-state index in [1.165, 1.54) is 19.4 Å². The maximum absolute atomic E-state index is 11.5. The zero-order valence-corrected chi connectivity index (χ0v) is 11.3. The van der Waals surface area contributed by atoms with E-state index in [1.54, 1.807) is 0 Å². The largest absolute Gasteiger partial charge is 0.338 e. The first kappa shape index (κ1) is 13.4. The van der Waals surface area contributed by atoms with Crippen molar-refractivity contribution in [3.05, 3.63) is 12.7 Å². The van der Waals surface area contributed by atoms with Gasteiger partial charge in [0.05, 0.1) is 0 Å². The van der Waals surface area contributed by atoms with E-state index in [0.29, 0.717) is 12.0 Å². The lowest BCUT2D eigenvalue weighted by Crippen LogP contribution is -2.57. The third-order valence-corrected chi connectivity index (χ3v) is 4.27. The highest BCUT2D eigenvalue weighted by Crippen LogP contribution is 2.36. The first-order valence-corrected chi connectivity index (χ1v) is 7.13. The molecule has 102 valence electrons. The highest BCUT2D eigenvalue weighted by Gasteiger charge is 2.38. The van der Waals surface area contributed by atoms with Crippen LogP contribution in [0.5, 0.6) is 0 Å². The van der Waals surface area contributed by atoms with Gasteiger partial charge in [-0.25, -0.2) is 4.79 Å². The second kappa shape index (κ2) is 6.23. The first-order chi connectivity index (χ1) is 8.74. The van der Waals surface area contributed by atoms with Gasteiger partial charge < -0.3 is 10.6 Å². The van der Waals surface area contributed by atoms with Crippen LogP contribution in [0.25, 0.3) is 0 Å². The molecule has 4 heteroatoms. The van der Waals surface area contributed by atoms with Gasteiger partial charge in [0.2, 0.25) is 0 Å². The van der Waals surface area contributed by atoms with E-state index in [-0.39, 0.29) is 6.03 Å². The van der Waals surface area contributed by atoms with Crippen LogP contribution >= 0.6 is 0 Å². The number of piperidine rings is 3. The normalized spacial score (nSPS) is 34.1. The van der Waals surface area contributed by atoms with Gasteiger partial charge in [-0.3, -0.25) is 4.90 Å². The Kier molecular flexibility index (Phi) is 4.64. The summed E-state index contributed by atoms with van der Waals surface area (Å²) in [6.07, 6.45) is 5.57. The van der Waals surface area contributed by atoms with Gasteiger partial charge in [-0.15, -0.1) is 6.58 Å². The molecule has 0 radical (unpaired) electrons. The molecule has 3 aliphatic rings. The summed E-state index contributed by atoms with van der Waals surface area (Å²) in [7, 11) is 0. The van der Waals surface area contributed by atoms with E-state index in [9.17, 15) is 4.79 Å². The van der Waals surface area contributed by atoms with Gasteiger partial charge in [0.15, 0.2) is 0 Å². The van der Waals surface area contributed by atoms with E-state index in [2.05, 4.69) is 35.1 Å². The zero-order chi connectivity index (χ0) is 13.0. The minimum absolute atomic E-state index is 0.0280. The Bertz CT molecular complexity index is 305. The number of urea groups is 1. The van der Waals surface area contributed by atoms with Crippen molar-refractivity contribution in [3.8, 4) is 0 Å². The Labute approximate surface area is 110 Å². The molecule has 0 saturated carbocycles. The maximum Gasteiger partial charge on any atom is 0.314 e. The molecule has 3 heterocycles. The molecule has 1 unspecified atom stereocenters. The predicted molar refractivity (Wildman–Crippen MR) is 73.5 cm³/mol. The number of hydrogen-bond acceptors (Lipinski definition) is 2. The molecule has 0 spiro atoms. The van der Waals surface area contributed by atoms with Gasteiger partial charge in [0, 0.05) is 25.7 Å². The highest BCUT2D eigenvalue weighted by atomic mass is 16.2. The smallest absolute Gasteiger partial charge is 0.314 e. The standard InChI is InChI=1S/C14H25N3O/c1-3-6-15-14(18)16-9-13-8-12-5-7-17(13)10-11(12)4-2/h4,11-13H,2-3,5-10H2,1H3,(H2,15,16,18)/t11-,12-,13+/m1/s1. The first-order valence-electron chi connectivity index (χ1n) is 7.13. The van der Waals surface area contributed by atoms with Crippen LogP contribution in [0.2, 0.25) is 0 Å². The Morgan fingerprint density at radius 1 is 1.50 bits per heavy atom. The molecule has 3 fully saturated rings. The van der Waals surface area contributed by atoms with Crippen LogP contribution in [0.1, 0.15) is 26.2 Å². The maximum atomic E-state index is 11.5. The molecule has 0 aliphatic carbocycles. The van der Waals surface area contributed by atoms with Gasteiger partial charge in [-0.05, 0) is 37.6 Å². The van der Waals surface area contributed by atoms with Crippen molar-refractivity contribution in [2.24, 2.45) is 11.8 Å². The van der Waals surface area contributed by atoms with Gasteiger partial charge in [0.1, 0.15) is 0 Å². The molecule has 0 aromatic rings. The van der Waals surface area contributed by atoms with Crippen LogP contribution in [0.4, 0.5) is 4.79 Å². The topological polar surface area (TPSA) is 44.4 Å². The molecule has 18 heavy (non-hydrogen) atoms. The van der Waals surface area contributed by atoms with Crippen molar-refractivity contribution in [3.63, 3.8) is 0 Å². The van der Waals surface area contributed by atoms with Gasteiger partial charge in [0.25, 0.3) is 0 Å². The van der Waals surface area contributed by atoms with Crippen molar-refractivity contribution in [2.45, 2.75) is 32.2 Å². The molecule has 2 amide bonds.